The molecule has 0 unspecified atom stereocenters. The molecule has 8 heteroatoms. The lowest BCUT2D eigenvalue weighted by atomic mass is 10.4. The van der Waals surface area contributed by atoms with Crippen LogP contribution in [0, 0.1) is 0 Å². The van der Waals surface area contributed by atoms with Crippen LogP contribution in [0.2, 0.25) is 5.02 Å². The number of nitrogens with one attached hydrogen (secondary N) is 1. The van der Waals surface area contributed by atoms with E-state index in [1.165, 1.54) is 35.6 Å². The second-order valence-electron chi connectivity index (χ2n) is 4.30. The molecule has 21 heavy (non-hydrogen) atoms. The van der Waals surface area contributed by atoms with E-state index in [-0.39, 0.29) is 23.0 Å². The Hall–Kier alpha value is -1.44. The smallest absolute Gasteiger partial charge is 0.226 e. The van der Waals surface area contributed by atoms with Gasteiger partial charge in [-0.05, 0) is 24.3 Å². The number of amides is 1. The van der Waals surface area contributed by atoms with Crippen molar-refractivity contribution in [1.29, 1.82) is 0 Å². The molecule has 0 atom stereocenters. The number of hydrogen-bond acceptors (Lipinski definition) is 5. The molecule has 5 nitrogen and oxygen atoms in total. The van der Waals surface area contributed by atoms with Crippen molar-refractivity contribution in [2.45, 2.75) is 17.1 Å². The molecule has 0 spiro atoms. The average molecular weight is 345 g/mol. The van der Waals surface area contributed by atoms with Crippen molar-refractivity contribution in [3.63, 3.8) is 0 Å². The highest BCUT2D eigenvalue weighted by Crippen LogP contribution is 2.20. The Bertz CT molecular complexity index is 739. The van der Waals surface area contributed by atoms with E-state index in [0.717, 1.165) is 0 Å². The van der Waals surface area contributed by atoms with Crippen LogP contribution >= 0.6 is 22.9 Å². The summed E-state index contributed by atoms with van der Waals surface area (Å²) < 4.78 is 24.5. The Labute approximate surface area is 131 Å². The maximum atomic E-state index is 12.2. The minimum atomic E-state index is -3.47. The summed E-state index contributed by atoms with van der Waals surface area (Å²) in [4.78, 5) is 15.6. The van der Waals surface area contributed by atoms with Gasteiger partial charge in [-0.25, -0.2) is 13.4 Å². The van der Waals surface area contributed by atoms with E-state index in [0.29, 0.717) is 15.7 Å². The lowest BCUT2D eigenvalue weighted by Crippen LogP contribution is -2.19. The predicted molar refractivity (Wildman–Crippen MR) is 82.2 cm³/mol. The molecule has 0 bridgehead atoms. The molecule has 0 aliphatic carbocycles. The second kappa shape index (κ2) is 6.55. The molecular formula is C13H13ClN2O3S2. The number of rotatable bonds is 5. The number of thiazole rings is 1. The molecule has 0 fully saturated rings. The van der Waals surface area contributed by atoms with Crippen LogP contribution in [0.1, 0.15) is 10.7 Å². The van der Waals surface area contributed by atoms with Gasteiger partial charge in [0.2, 0.25) is 5.91 Å². The Morgan fingerprint density at radius 3 is 2.62 bits per heavy atom. The van der Waals surface area contributed by atoms with Gasteiger partial charge in [0.1, 0.15) is 5.01 Å². The summed E-state index contributed by atoms with van der Waals surface area (Å²) in [6.07, 6.45) is 0.155. The lowest BCUT2D eigenvalue weighted by molar-refractivity contribution is -0.119. The summed E-state index contributed by atoms with van der Waals surface area (Å²) in [7, 11) is -1.92. The number of carbonyl (C=O) groups excluding carboxylic acids is 1. The van der Waals surface area contributed by atoms with Crippen LogP contribution < -0.4 is 5.32 Å². The molecule has 2 aromatic rings. The highest BCUT2D eigenvalue weighted by molar-refractivity contribution is 7.90. The van der Waals surface area contributed by atoms with Gasteiger partial charge in [0, 0.05) is 17.5 Å². The summed E-state index contributed by atoms with van der Waals surface area (Å²) in [6, 6.07) is 6.00. The quantitative estimate of drug-likeness (QED) is 0.900. The third-order valence-electron chi connectivity index (χ3n) is 2.70. The third-order valence-corrected chi connectivity index (χ3v) is 5.52. The van der Waals surface area contributed by atoms with E-state index in [1.54, 1.807) is 12.4 Å². The van der Waals surface area contributed by atoms with Crippen molar-refractivity contribution in [1.82, 2.24) is 10.3 Å². The zero-order valence-electron chi connectivity index (χ0n) is 11.2. The first-order valence-electron chi connectivity index (χ1n) is 6.03. The van der Waals surface area contributed by atoms with Crippen molar-refractivity contribution in [3.05, 3.63) is 45.4 Å². The number of aromatic nitrogens is 1. The molecule has 112 valence electrons. The van der Waals surface area contributed by atoms with Gasteiger partial charge in [0.15, 0.2) is 9.84 Å². The van der Waals surface area contributed by atoms with Crippen LogP contribution in [-0.2, 0) is 26.8 Å². The monoisotopic (exact) mass is 344 g/mol. The van der Waals surface area contributed by atoms with Crippen molar-refractivity contribution >= 4 is 38.7 Å². The maximum absolute atomic E-state index is 12.2. The van der Waals surface area contributed by atoms with E-state index < -0.39 is 9.84 Å². The van der Waals surface area contributed by atoms with Crippen molar-refractivity contribution in [2.24, 2.45) is 0 Å². The first kappa shape index (κ1) is 15.9. The average Bonchev–Trinajstić information content (AvgIpc) is 2.85. The van der Waals surface area contributed by atoms with E-state index >= 15 is 0 Å². The molecule has 0 aliphatic rings. The fraction of sp³-hybridized carbons (Fsp3) is 0.231. The highest BCUT2D eigenvalue weighted by atomic mass is 35.5. The first-order chi connectivity index (χ1) is 9.90. The number of likely N-dealkylation sites (N-methyl/N-ethyl adjacent to an activating group) is 1. The number of halogens is 1. The maximum Gasteiger partial charge on any atom is 0.226 e. The summed E-state index contributed by atoms with van der Waals surface area (Å²) in [6.45, 7) is 0. The number of sulfone groups is 1. The highest BCUT2D eigenvalue weighted by Gasteiger charge is 2.17. The van der Waals surface area contributed by atoms with Crippen molar-refractivity contribution in [3.8, 4) is 0 Å². The van der Waals surface area contributed by atoms with Gasteiger partial charge in [-0.2, -0.15) is 0 Å². The minimum absolute atomic E-state index is 0.155. The Kier molecular flexibility index (Phi) is 4.97. The third kappa shape index (κ3) is 4.26. The second-order valence-corrected chi connectivity index (χ2v) is 7.66. The zero-order chi connectivity index (χ0) is 15.5. The van der Waals surface area contributed by atoms with Gasteiger partial charge in [-0.3, -0.25) is 4.79 Å². The first-order valence-corrected chi connectivity index (χ1v) is 8.94. The molecule has 1 heterocycles. The van der Waals surface area contributed by atoms with Crippen LogP contribution in [0.5, 0.6) is 0 Å². The molecular weight excluding hydrogens is 332 g/mol. The molecule has 0 aliphatic heterocycles. The number of hydrogen-bond donors (Lipinski definition) is 1. The fourth-order valence-corrected chi connectivity index (χ4v) is 3.92. The molecule has 1 aromatic heterocycles. The minimum Gasteiger partial charge on any atom is -0.359 e. The van der Waals surface area contributed by atoms with Crippen LogP contribution in [-0.4, -0.2) is 26.4 Å². The van der Waals surface area contributed by atoms with Gasteiger partial charge < -0.3 is 5.32 Å². The van der Waals surface area contributed by atoms with Gasteiger partial charge in [0.05, 0.1) is 22.8 Å². The number of carbonyl (C=O) groups is 1. The SMILES string of the molecule is CNC(=O)Cc1nc(CS(=O)(=O)c2ccc(Cl)cc2)cs1. The van der Waals surface area contributed by atoms with Gasteiger partial charge in [-0.1, -0.05) is 11.6 Å². The number of nitrogens with zero attached hydrogens (tertiary/aromatic N) is 1. The standard InChI is InChI=1S/C13H13ClN2O3S2/c1-15-12(17)6-13-16-10(7-20-13)8-21(18,19)11-4-2-9(14)3-5-11/h2-5,7H,6,8H2,1H3,(H,15,17). The van der Waals surface area contributed by atoms with E-state index in [1.807, 2.05) is 0 Å². The molecule has 1 amide bonds. The van der Waals surface area contributed by atoms with E-state index in [2.05, 4.69) is 10.3 Å². The topological polar surface area (TPSA) is 76.1 Å². The molecule has 1 N–H and O–H groups in total. The van der Waals surface area contributed by atoms with Crippen molar-refractivity contribution < 1.29 is 13.2 Å². The van der Waals surface area contributed by atoms with Crippen LogP contribution in [0.25, 0.3) is 0 Å². The van der Waals surface area contributed by atoms with Crippen LogP contribution in [0.3, 0.4) is 0 Å². The molecule has 0 saturated heterocycles. The van der Waals surface area contributed by atoms with Crippen molar-refractivity contribution in [2.75, 3.05) is 7.05 Å². The molecule has 2 rings (SSSR count). The summed E-state index contributed by atoms with van der Waals surface area (Å²) in [5.41, 5.74) is 0.439. The van der Waals surface area contributed by atoms with Crippen LogP contribution in [0.15, 0.2) is 34.5 Å². The van der Waals surface area contributed by atoms with Crippen LogP contribution in [0.4, 0.5) is 0 Å². The summed E-state index contributed by atoms with van der Waals surface area (Å²) in [5, 5.41) is 5.23. The Morgan fingerprint density at radius 2 is 2.00 bits per heavy atom. The summed E-state index contributed by atoms with van der Waals surface area (Å²) >= 11 is 7.02. The molecule has 0 saturated carbocycles. The lowest BCUT2D eigenvalue weighted by Gasteiger charge is -2.02. The Morgan fingerprint density at radius 1 is 1.33 bits per heavy atom. The van der Waals surface area contributed by atoms with E-state index in [4.69, 9.17) is 11.6 Å². The predicted octanol–water partition coefficient (Wildman–Crippen LogP) is 2.06. The normalized spacial score (nSPS) is 11.3. The summed E-state index contributed by atoms with van der Waals surface area (Å²) in [5.74, 6) is -0.352. The van der Waals surface area contributed by atoms with Gasteiger partial charge in [-0.15, -0.1) is 11.3 Å². The Balaban J connectivity index is 2.14. The van der Waals surface area contributed by atoms with Gasteiger partial charge in [0.25, 0.3) is 0 Å². The molecule has 0 radical (unpaired) electrons. The zero-order valence-corrected chi connectivity index (χ0v) is 13.6. The van der Waals surface area contributed by atoms with E-state index in [9.17, 15) is 13.2 Å². The fourth-order valence-electron chi connectivity index (χ4n) is 1.64. The van der Waals surface area contributed by atoms with Gasteiger partial charge >= 0.3 is 0 Å². The number of benzene rings is 1. The largest absolute Gasteiger partial charge is 0.359 e. The molecule has 1 aromatic carbocycles.